The number of fused-ring (bicyclic) bond motifs is 5. The maximum Gasteiger partial charge on any atom is 0.242 e. The van der Waals surface area contributed by atoms with Gasteiger partial charge in [0.1, 0.15) is 11.5 Å². The van der Waals surface area contributed by atoms with Gasteiger partial charge in [0.15, 0.2) is 17.3 Å². The molecule has 0 radical (unpaired) electrons. The van der Waals surface area contributed by atoms with Gasteiger partial charge in [-0.25, -0.2) is 4.90 Å². The minimum absolute atomic E-state index is 0.116. The maximum absolute atomic E-state index is 15.3. The molecule has 6 atom stereocenters. The first-order valence-electron chi connectivity index (χ1n) is 20.2. The van der Waals surface area contributed by atoms with Crippen LogP contribution >= 0.6 is 38.9 Å². The van der Waals surface area contributed by atoms with E-state index in [4.69, 9.17) is 21.4 Å². The maximum atomic E-state index is 15.3. The van der Waals surface area contributed by atoms with Crippen molar-refractivity contribution in [2.45, 2.75) is 32.6 Å². The number of hydrogen-bond donors (Lipinski definition) is 1. The average Bonchev–Trinajstić information content (AvgIpc) is 3.94. The Morgan fingerprint density at radius 2 is 1.65 bits per heavy atom. The first-order chi connectivity index (χ1) is 29.7. The number of methoxy groups -OCH3 is 1. The van der Waals surface area contributed by atoms with Crippen LogP contribution in [-0.2, 0) is 26.2 Å². The number of nitrogens with zero attached hydrogens (tertiary/aromatic N) is 4. The van der Waals surface area contributed by atoms with Crippen molar-refractivity contribution < 1.29 is 33.8 Å². The van der Waals surface area contributed by atoms with Crippen molar-refractivity contribution in [3.63, 3.8) is 0 Å². The molecule has 0 bridgehead atoms. The Morgan fingerprint density at radius 3 is 2.37 bits per heavy atom. The number of aromatic hydroxyl groups is 1. The number of anilines is 2. The van der Waals surface area contributed by atoms with Gasteiger partial charge in [0.25, 0.3) is 0 Å². The summed E-state index contributed by atoms with van der Waals surface area (Å²) in [4.78, 5) is 75.9. The number of carbonyl (C=O) groups is 5. The van der Waals surface area contributed by atoms with Gasteiger partial charge in [0, 0.05) is 49.9 Å². The van der Waals surface area contributed by atoms with Crippen LogP contribution in [0.15, 0.2) is 107 Å². The summed E-state index contributed by atoms with van der Waals surface area (Å²) in [7, 11) is 3.13. The second kappa shape index (κ2) is 14.6. The zero-order chi connectivity index (χ0) is 43.5. The van der Waals surface area contributed by atoms with E-state index in [1.54, 1.807) is 92.0 Å². The van der Waals surface area contributed by atoms with Crippen molar-refractivity contribution in [3.05, 3.63) is 134 Å². The third-order valence-corrected chi connectivity index (χ3v) is 15.5. The Hall–Kier alpha value is -5.89. The second-order valence-corrected chi connectivity index (χ2v) is 19.1. The molecular formula is C48H38BrClN4O7S. The molecule has 2 aliphatic carbocycles. The van der Waals surface area contributed by atoms with Gasteiger partial charge in [-0.3, -0.25) is 33.6 Å². The van der Waals surface area contributed by atoms with Crippen LogP contribution in [0.5, 0.6) is 11.5 Å². The summed E-state index contributed by atoms with van der Waals surface area (Å²) in [5, 5.41) is 18.3. The summed E-state index contributed by atoms with van der Waals surface area (Å²) in [5.74, 6) is -5.65. The quantitative estimate of drug-likeness (QED) is 0.0950. The van der Waals surface area contributed by atoms with Crippen LogP contribution in [0, 0.1) is 36.0 Å². The summed E-state index contributed by atoms with van der Waals surface area (Å²) in [5.41, 5.74) is 2.48. The zero-order valence-corrected chi connectivity index (χ0v) is 37.0. The van der Waals surface area contributed by atoms with Crippen molar-refractivity contribution in [3.8, 4) is 22.1 Å². The van der Waals surface area contributed by atoms with E-state index in [9.17, 15) is 19.5 Å². The van der Waals surface area contributed by atoms with Crippen molar-refractivity contribution in [1.82, 2.24) is 9.78 Å². The molecule has 312 valence electrons. The molecule has 62 heavy (non-hydrogen) atoms. The standard InChI is InChI=1S/C48H38BrClN4O7S/c1-23-31-20-27(50)12-17-37(31)62-43(23)35-22-38(52(3)51-35)54-45(58)34-21-32-29(40(48(34,2)47(54)60)33-18-26(49)19-36(61-4)42(33)56)15-16-30-39(32)46(59)53(44(30)57)28-13-10-25(11-14-28)41(55)24-8-6-5-7-9-24/h5-15,17-20,22,30,32,34,39-40,56H,16,21H2,1-4H3/t30-,32+,34-,39-,40+,48+/m0/s1. The van der Waals surface area contributed by atoms with E-state index in [-0.39, 0.29) is 41.8 Å². The molecule has 14 heteroatoms. The molecular weight excluding hydrogens is 892 g/mol. The molecule has 3 fully saturated rings. The lowest BCUT2D eigenvalue weighted by molar-refractivity contribution is -0.131. The van der Waals surface area contributed by atoms with Gasteiger partial charge in [0.05, 0.1) is 40.8 Å². The number of ketones is 1. The molecule has 4 heterocycles. The SMILES string of the molecule is COc1cc(Br)cc([C@H]2C3=CC[C@@H]4C(=O)N(c5ccc(C(=O)c6ccccc6)cc5)C(=O)[C@@H]4[C@@H]3C[C@H]3C(=O)N(c4cc(-c5sc6ccc(Cl)cc6c5C)nn4C)C(=O)[C@@]23C)c1O. The number of phenols is 1. The smallest absolute Gasteiger partial charge is 0.242 e. The van der Waals surface area contributed by atoms with Gasteiger partial charge >= 0.3 is 0 Å². The predicted molar refractivity (Wildman–Crippen MR) is 240 cm³/mol. The number of halogens is 2. The molecule has 1 saturated carbocycles. The van der Waals surface area contributed by atoms with E-state index < -0.39 is 52.7 Å². The Kier molecular flexibility index (Phi) is 9.47. The van der Waals surface area contributed by atoms with Crippen LogP contribution < -0.4 is 14.5 Å². The lowest BCUT2D eigenvalue weighted by Crippen LogP contribution is -2.49. The van der Waals surface area contributed by atoms with E-state index in [0.29, 0.717) is 43.1 Å². The molecule has 11 nitrogen and oxygen atoms in total. The minimum Gasteiger partial charge on any atom is -0.504 e. The Balaban J connectivity index is 1.05. The number of hydrogen-bond acceptors (Lipinski definition) is 9. The molecule has 4 aliphatic rings. The van der Waals surface area contributed by atoms with Crippen LogP contribution in [0.3, 0.4) is 0 Å². The molecule has 1 N–H and O–H groups in total. The number of allylic oxidation sites excluding steroid dienone is 2. The van der Waals surface area contributed by atoms with E-state index in [0.717, 1.165) is 20.5 Å². The van der Waals surface area contributed by atoms with Gasteiger partial charge in [-0.1, -0.05) is 69.5 Å². The highest BCUT2D eigenvalue weighted by molar-refractivity contribution is 9.10. The number of phenolic OH excluding ortho intramolecular Hbond substituents is 1. The molecule has 10 rings (SSSR count). The number of imide groups is 2. The third-order valence-electron chi connectivity index (χ3n) is 13.5. The van der Waals surface area contributed by atoms with E-state index in [2.05, 4.69) is 15.9 Å². The van der Waals surface area contributed by atoms with Gasteiger partial charge in [-0.15, -0.1) is 11.3 Å². The van der Waals surface area contributed by atoms with E-state index in [1.165, 1.54) is 21.6 Å². The van der Waals surface area contributed by atoms with Crippen molar-refractivity contribution in [1.29, 1.82) is 0 Å². The fraction of sp³-hybridized carbons (Fsp3) is 0.250. The van der Waals surface area contributed by atoms with Crippen LogP contribution in [0.25, 0.3) is 20.7 Å². The molecule has 2 aromatic heterocycles. The molecule has 4 aromatic carbocycles. The lowest BCUT2D eigenvalue weighted by Gasteiger charge is -2.49. The highest BCUT2D eigenvalue weighted by Crippen LogP contribution is 2.65. The summed E-state index contributed by atoms with van der Waals surface area (Å²) in [6.07, 6.45) is 2.26. The summed E-state index contributed by atoms with van der Waals surface area (Å²) in [6.45, 7) is 3.76. The molecule has 2 saturated heterocycles. The topological polar surface area (TPSA) is 139 Å². The van der Waals surface area contributed by atoms with Crippen molar-refractivity contribution >= 4 is 89.9 Å². The second-order valence-electron chi connectivity index (χ2n) is 16.7. The van der Waals surface area contributed by atoms with Crippen LogP contribution in [0.4, 0.5) is 11.5 Å². The molecule has 0 spiro atoms. The van der Waals surface area contributed by atoms with Gasteiger partial charge in [-0.05, 0) is 98.2 Å². The third kappa shape index (κ3) is 5.81. The fourth-order valence-electron chi connectivity index (χ4n) is 10.5. The number of aryl methyl sites for hydroxylation is 2. The van der Waals surface area contributed by atoms with Crippen molar-refractivity contribution in [2.24, 2.45) is 36.1 Å². The van der Waals surface area contributed by atoms with Gasteiger partial charge in [-0.2, -0.15) is 5.10 Å². The van der Waals surface area contributed by atoms with E-state index >= 15 is 9.59 Å². The molecule has 2 aliphatic heterocycles. The summed E-state index contributed by atoms with van der Waals surface area (Å²) in [6, 6.07) is 26.1. The van der Waals surface area contributed by atoms with Gasteiger partial charge < -0.3 is 9.84 Å². The molecule has 6 aromatic rings. The number of benzene rings is 4. The number of rotatable bonds is 7. The average molecular weight is 930 g/mol. The summed E-state index contributed by atoms with van der Waals surface area (Å²) < 4.78 is 8.72. The normalized spacial score (nSPS) is 24.4. The lowest BCUT2D eigenvalue weighted by atomic mass is 9.51. The highest BCUT2D eigenvalue weighted by Gasteiger charge is 2.68. The predicted octanol–water partition coefficient (Wildman–Crippen LogP) is 9.41. The number of carbonyl (C=O) groups excluding carboxylic acids is 5. The largest absolute Gasteiger partial charge is 0.504 e. The van der Waals surface area contributed by atoms with Crippen LogP contribution in [-0.4, -0.2) is 51.4 Å². The Bertz CT molecular complexity index is 2980. The first-order valence-corrected chi connectivity index (χ1v) is 22.2. The Morgan fingerprint density at radius 1 is 0.919 bits per heavy atom. The molecule has 0 unspecified atom stereocenters. The number of amides is 4. The first kappa shape index (κ1) is 40.2. The van der Waals surface area contributed by atoms with Crippen molar-refractivity contribution in [2.75, 3.05) is 16.9 Å². The number of aromatic nitrogens is 2. The van der Waals surface area contributed by atoms with Gasteiger partial charge in [0.2, 0.25) is 23.6 Å². The fourth-order valence-corrected chi connectivity index (χ4v) is 12.3. The van der Waals surface area contributed by atoms with Crippen LogP contribution in [0.1, 0.15) is 52.7 Å². The monoisotopic (exact) mass is 928 g/mol. The van der Waals surface area contributed by atoms with Crippen LogP contribution in [0.2, 0.25) is 5.02 Å². The minimum atomic E-state index is -1.43. The van der Waals surface area contributed by atoms with E-state index in [1.807, 2.05) is 37.3 Å². The summed E-state index contributed by atoms with van der Waals surface area (Å²) >= 11 is 11.5. The molecule has 4 amide bonds. The number of ether oxygens (including phenoxy) is 1. The Labute approximate surface area is 373 Å². The number of thiophene rings is 1. The highest BCUT2D eigenvalue weighted by atomic mass is 79.9. The zero-order valence-electron chi connectivity index (χ0n) is 33.9.